The zero-order valence-corrected chi connectivity index (χ0v) is 10.0. The lowest BCUT2D eigenvalue weighted by atomic mass is 10.2. The van der Waals surface area contributed by atoms with E-state index in [2.05, 4.69) is 17.2 Å². The third-order valence-corrected chi connectivity index (χ3v) is 2.33. The van der Waals surface area contributed by atoms with Gasteiger partial charge in [0.05, 0.1) is 17.6 Å². The lowest BCUT2D eigenvalue weighted by molar-refractivity contribution is -0.384. The Kier molecular flexibility index (Phi) is 5.35. The lowest BCUT2D eigenvalue weighted by Crippen LogP contribution is -2.25. The van der Waals surface area contributed by atoms with Crippen molar-refractivity contribution in [3.63, 3.8) is 0 Å². The largest absolute Gasteiger partial charge is 0.383 e. The summed E-state index contributed by atoms with van der Waals surface area (Å²) in [6.45, 7) is 2.55. The quantitative estimate of drug-likeness (QED) is 0.583. The van der Waals surface area contributed by atoms with Gasteiger partial charge in [-0.1, -0.05) is 13.3 Å². The van der Waals surface area contributed by atoms with Gasteiger partial charge in [0.15, 0.2) is 0 Å². The molecule has 0 saturated heterocycles. The summed E-state index contributed by atoms with van der Waals surface area (Å²) in [5, 5.41) is 13.9. The van der Waals surface area contributed by atoms with E-state index >= 15 is 0 Å². The number of nitro groups is 1. The molecule has 0 saturated carbocycles. The van der Waals surface area contributed by atoms with Crippen LogP contribution in [0.15, 0.2) is 18.3 Å². The standard InChI is InChI=1S/C11H17N3O3/c1-3-5-9(8-17-2)13-11-10(14(15)16)6-4-7-12-11/h4,6-7,9H,3,5,8H2,1-2H3,(H,12,13). The van der Waals surface area contributed by atoms with E-state index in [0.717, 1.165) is 12.8 Å². The van der Waals surface area contributed by atoms with Crippen LogP contribution in [0.2, 0.25) is 0 Å². The van der Waals surface area contributed by atoms with E-state index in [9.17, 15) is 10.1 Å². The van der Waals surface area contributed by atoms with E-state index < -0.39 is 4.92 Å². The Morgan fingerprint density at radius 3 is 3.00 bits per heavy atom. The molecule has 1 aromatic rings. The van der Waals surface area contributed by atoms with Gasteiger partial charge in [0, 0.05) is 19.4 Å². The van der Waals surface area contributed by atoms with Crippen LogP contribution in [0.3, 0.4) is 0 Å². The number of hydrogen-bond donors (Lipinski definition) is 1. The first-order valence-electron chi connectivity index (χ1n) is 5.54. The van der Waals surface area contributed by atoms with Gasteiger partial charge in [-0.15, -0.1) is 0 Å². The highest BCUT2D eigenvalue weighted by atomic mass is 16.6. The highest BCUT2D eigenvalue weighted by Crippen LogP contribution is 2.21. The molecule has 17 heavy (non-hydrogen) atoms. The van der Waals surface area contributed by atoms with Crippen molar-refractivity contribution in [2.45, 2.75) is 25.8 Å². The molecular formula is C11H17N3O3. The number of pyridine rings is 1. The minimum Gasteiger partial charge on any atom is -0.383 e. The molecule has 0 aliphatic rings. The first kappa shape index (κ1) is 13.4. The molecule has 0 bridgehead atoms. The van der Waals surface area contributed by atoms with Gasteiger partial charge in [0.1, 0.15) is 0 Å². The maximum absolute atomic E-state index is 10.8. The molecule has 6 nitrogen and oxygen atoms in total. The fraction of sp³-hybridized carbons (Fsp3) is 0.545. The summed E-state index contributed by atoms with van der Waals surface area (Å²) in [5.41, 5.74) is -0.00953. The molecule has 0 amide bonds. The molecule has 0 radical (unpaired) electrons. The van der Waals surface area contributed by atoms with Gasteiger partial charge in [-0.3, -0.25) is 10.1 Å². The smallest absolute Gasteiger partial charge is 0.311 e. The van der Waals surface area contributed by atoms with E-state index in [1.807, 2.05) is 0 Å². The Hall–Kier alpha value is -1.69. The third kappa shape index (κ3) is 3.99. The number of rotatable bonds is 7. The number of methoxy groups -OCH3 is 1. The van der Waals surface area contributed by atoms with E-state index in [-0.39, 0.29) is 11.7 Å². The van der Waals surface area contributed by atoms with Crippen molar-refractivity contribution in [3.8, 4) is 0 Å². The molecule has 0 fully saturated rings. The average molecular weight is 239 g/mol. The van der Waals surface area contributed by atoms with E-state index in [1.54, 1.807) is 13.2 Å². The molecule has 1 atom stereocenters. The van der Waals surface area contributed by atoms with Crippen LogP contribution in [0.5, 0.6) is 0 Å². The van der Waals surface area contributed by atoms with Crippen LogP contribution in [0.1, 0.15) is 19.8 Å². The molecule has 0 aliphatic heterocycles. The summed E-state index contributed by atoms with van der Waals surface area (Å²) in [7, 11) is 1.61. The van der Waals surface area contributed by atoms with Gasteiger partial charge >= 0.3 is 5.69 Å². The first-order chi connectivity index (χ1) is 8.19. The second kappa shape index (κ2) is 6.80. The van der Waals surface area contributed by atoms with Crippen LogP contribution in [0.4, 0.5) is 11.5 Å². The predicted octanol–water partition coefficient (Wildman–Crippen LogP) is 2.22. The summed E-state index contributed by atoms with van der Waals surface area (Å²) < 4.78 is 5.07. The van der Waals surface area contributed by atoms with Crippen LogP contribution in [-0.4, -0.2) is 29.7 Å². The highest BCUT2D eigenvalue weighted by molar-refractivity contribution is 5.55. The Morgan fingerprint density at radius 2 is 2.41 bits per heavy atom. The summed E-state index contributed by atoms with van der Waals surface area (Å²) in [5.74, 6) is 0.299. The summed E-state index contributed by atoms with van der Waals surface area (Å²) in [6.07, 6.45) is 3.38. The number of nitrogens with zero attached hydrogens (tertiary/aromatic N) is 2. The van der Waals surface area contributed by atoms with Crippen LogP contribution in [0.25, 0.3) is 0 Å². The van der Waals surface area contributed by atoms with Crippen LogP contribution >= 0.6 is 0 Å². The maximum atomic E-state index is 10.8. The third-order valence-electron chi connectivity index (χ3n) is 2.33. The summed E-state index contributed by atoms with van der Waals surface area (Å²) >= 11 is 0. The van der Waals surface area contributed by atoms with Crippen molar-refractivity contribution in [1.29, 1.82) is 0 Å². The maximum Gasteiger partial charge on any atom is 0.311 e. The van der Waals surface area contributed by atoms with Gasteiger partial charge in [-0.05, 0) is 12.5 Å². The average Bonchev–Trinajstić information content (AvgIpc) is 2.30. The number of ether oxygens (including phenoxy) is 1. The Labute approximate surface area is 100 Å². The molecule has 94 valence electrons. The van der Waals surface area contributed by atoms with Crippen LogP contribution in [-0.2, 0) is 4.74 Å². The number of nitrogens with one attached hydrogen (secondary N) is 1. The van der Waals surface area contributed by atoms with Crippen molar-refractivity contribution < 1.29 is 9.66 Å². The van der Waals surface area contributed by atoms with Crippen molar-refractivity contribution in [3.05, 3.63) is 28.4 Å². The number of anilines is 1. The van der Waals surface area contributed by atoms with Gasteiger partial charge in [-0.25, -0.2) is 4.98 Å². The van der Waals surface area contributed by atoms with Crippen molar-refractivity contribution in [2.75, 3.05) is 19.0 Å². The van der Waals surface area contributed by atoms with Gasteiger partial charge in [0.2, 0.25) is 5.82 Å². The molecule has 1 heterocycles. The van der Waals surface area contributed by atoms with E-state index in [1.165, 1.54) is 12.3 Å². The topological polar surface area (TPSA) is 77.3 Å². The molecule has 0 aromatic carbocycles. The predicted molar refractivity (Wildman–Crippen MR) is 65.1 cm³/mol. The minimum atomic E-state index is -0.439. The fourth-order valence-corrected chi connectivity index (χ4v) is 1.60. The molecule has 1 N–H and O–H groups in total. The second-order valence-electron chi connectivity index (χ2n) is 3.71. The normalized spacial score (nSPS) is 12.1. The van der Waals surface area contributed by atoms with Gasteiger partial charge in [-0.2, -0.15) is 0 Å². The van der Waals surface area contributed by atoms with Crippen LogP contribution < -0.4 is 5.32 Å². The summed E-state index contributed by atoms with van der Waals surface area (Å²) in [6, 6.07) is 3.03. The zero-order valence-electron chi connectivity index (χ0n) is 10.0. The van der Waals surface area contributed by atoms with Crippen molar-refractivity contribution >= 4 is 11.5 Å². The van der Waals surface area contributed by atoms with E-state index in [4.69, 9.17) is 4.74 Å². The zero-order chi connectivity index (χ0) is 12.7. The lowest BCUT2D eigenvalue weighted by Gasteiger charge is -2.17. The first-order valence-corrected chi connectivity index (χ1v) is 5.54. The van der Waals surface area contributed by atoms with E-state index in [0.29, 0.717) is 12.4 Å². The monoisotopic (exact) mass is 239 g/mol. The number of hydrogen-bond acceptors (Lipinski definition) is 5. The second-order valence-corrected chi connectivity index (χ2v) is 3.71. The molecular weight excluding hydrogens is 222 g/mol. The Morgan fingerprint density at radius 1 is 1.65 bits per heavy atom. The molecule has 1 aromatic heterocycles. The molecule has 0 spiro atoms. The Bertz CT molecular complexity index is 365. The minimum absolute atomic E-state index is 0.00953. The molecule has 6 heteroatoms. The molecule has 1 unspecified atom stereocenters. The highest BCUT2D eigenvalue weighted by Gasteiger charge is 2.17. The van der Waals surface area contributed by atoms with Crippen molar-refractivity contribution in [1.82, 2.24) is 4.98 Å². The van der Waals surface area contributed by atoms with Gasteiger partial charge < -0.3 is 10.1 Å². The summed E-state index contributed by atoms with van der Waals surface area (Å²) in [4.78, 5) is 14.4. The number of aromatic nitrogens is 1. The molecule has 1 rings (SSSR count). The van der Waals surface area contributed by atoms with Crippen molar-refractivity contribution in [2.24, 2.45) is 0 Å². The van der Waals surface area contributed by atoms with Crippen LogP contribution in [0, 0.1) is 10.1 Å². The Balaban J connectivity index is 2.80. The fourth-order valence-electron chi connectivity index (χ4n) is 1.60. The van der Waals surface area contributed by atoms with Gasteiger partial charge in [0.25, 0.3) is 0 Å². The SMILES string of the molecule is CCCC(COC)Nc1ncccc1[N+](=O)[O-]. The molecule has 0 aliphatic carbocycles.